The minimum absolute atomic E-state index is 0.0435. The molecule has 3 rings (SSSR count). The topological polar surface area (TPSA) is 100 Å². The molecule has 1 aliphatic rings. The average Bonchev–Trinajstić information content (AvgIpc) is 3.16. The van der Waals surface area contributed by atoms with E-state index in [9.17, 15) is 9.59 Å². The lowest BCUT2D eigenvalue weighted by atomic mass is 10.1. The highest BCUT2D eigenvalue weighted by Gasteiger charge is 2.34. The lowest BCUT2D eigenvalue weighted by Crippen LogP contribution is -2.38. The molecule has 1 aliphatic heterocycles. The summed E-state index contributed by atoms with van der Waals surface area (Å²) in [7, 11) is 0. The zero-order valence-corrected chi connectivity index (χ0v) is 12.6. The van der Waals surface area contributed by atoms with Crippen LogP contribution in [-0.2, 0) is 0 Å². The summed E-state index contributed by atoms with van der Waals surface area (Å²) in [5.41, 5.74) is 1.09. The first-order chi connectivity index (χ1) is 11.1. The van der Waals surface area contributed by atoms with E-state index in [1.54, 1.807) is 35.5 Å². The first-order valence-electron chi connectivity index (χ1n) is 7.32. The van der Waals surface area contributed by atoms with Crippen molar-refractivity contribution in [1.29, 1.82) is 0 Å². The second kappa shape index (κ2) is 6.07. The van der Waals surface area contributed by atoms with Crippen molar-refractivity contribution >= 4 is 12.0 Å². The predicted molar refractivity (Wildman–Crippen MR) is 81.4 cm³/mol. The van der Waals surface area contributed by atoms with Gasteiger partial charge in [-0.15, -0.1) is 0 Å². The average molecular weight is 315 g/mol. The van der Waals surface area contributed by atoms with Gasteiger partial charge in [0.05, 0.1) is 29.7 Å². The summed E-state index contributed by atoms with van der Waals surface area (Å²) >= 11 is 0. The lowest BCUT2D eigenvalue weighted by Gasteiger charge is -2.22. The highest BCUT2D eigenvalue weighted by Crippen LogP contribution is 2.23. The van der Waals surface area contributed by atoms with E-state index in [1.165, 1.54) is 4.80 Å². The number of rotatable bonds is 3. The molecule has 0 aliphatic carbocycles. The van der Waals surface area contributed by atoms with Crippen LogP contribution in [0.1, 0.15) is 23.7 Å². The van der Waals surface area contributed by atoms with E-state index in [-0.39, 0.29) is 18.0 Å². The number of carbonyl (C=O) groups is 2. The number of nitrogens with zero attached hydrogens (tertiary/aromatic N) is 4. The number of para-hydroxylation sites is 1. The van der Waals surface area contributed by atoms with E-state index in [4.69, 9.17) is 5.11 Å². The summed E-state index contributed by atoms with van der Waals surface area (Å²) in [6.07, 6.45) is 2.62. The van der Waals surface area contributed by atoms with Gasteiger partial charge in [-0.05, 0) is 25.5 Å². The lowest BCUT2D eigenvalue weighted by molar-refractivity contribution is 0.0743. The van der Waals surface area contributed by atoms with Crippen LogP contribution in [0.3, 0.4) is 0 Å². The van der Waals surface area contributed by atoms with E-state index >= 15 is 0 Å². The summed E-state index contributed by atoms with van der Waals surface area (Å²) < 4.78 is 0. The van der Waals surface area contributed by atoms with Gasteiger partial charge in [0.15, 0.2) is 0 Å². The maximum absolute atomic E-state index is 12.9. The third-order valence-corrected chi connectivity index (χ3v) is 3.93. The van der Waals surface area contributed by atoms with Gasteiger partial charge in [0, 0.05) is 12.6 Å². The maximum atomic E-state index is 12.9. The molecule has 1 saturated heterocycles. The zero-order chi connectivity index (χ0) is 16.4. The quantitative estimate of drug-likeness (QED) is 0.884. The number of carboxylic acid groups (broad SMARTS) is 1. The van der Waals surface area contributed by atoms with Gasteiger partial charge in [-0.3, -0.25) is 4.79 Å². The molecule has 0 spiro atoms. The van der Waals surface area contributed by atoms with Crippen molar-refractivity contribution in [2.75, 3.05) is 6.54 Å². The summed E-state index contributed by atoms with van der Waals surface area (Å²) in [6, 6.07) is 6.82. The van der Waals surface area contributed by atoms with E-state index in [0.29, 0.717) is 24.2 Å². The van der Waals surface area contributed by atoms with Gasteiger partial charge < -0.3 is 15.3 Å². The summed E-state index contributed by atoms with van der Waals surface area (Å²) in [6.45, 7) is 2.27. The maximum Gasteiger partial charge on any atom is 0.404 e. The van der Waals surface area contributed by atoms with Crippen molar-refractivity contribution in [3.8, 4) is 5.69 Å². The number of nitrogens with one attached hydrogen (secondary N) is 1. The second-order valence-corrected chi connectivity index (χ2v) is 5.52. The number of amides is 2. The minimum Gasteiger partial charge on any atom is -0.465 e. The number of benzene rings is 1. The Balaban J connectivity index is 1.85. The number of likely N-dealkylation sites (tertiary alicyclic amines) is 1. The fourth-order valence-electron chi connectivity index (χ4n) is 2.92. The summed E-state index contributed by atoms with van der Waals surface area (Å²) in [5, 5.41) is 19.4. The third kappa shape index (κ3) is 3.01. The molecule has 2 aromatic rings. The first-order valence-corrected chi connectivity index (χ1v) is 7.32. The molecule has 8 nitrogen and oxygen atoms in total. The fraction of sp³-hybridized carbons (Fsp3) is 0.333. The van der Waals surface area contributed by atoms with Gasteiger partial charge in [0.2, 0.25) is 0 Å². The molecule has 120 valence electrons. The Bertz CT molecular complexity index is 716. The molecule has 1 aromatic carbocycles. The molecule has 23 heavy (non-hydrogen) atoms. The van der Waals surface area contributed by atoms with Crippen LogP contribution >= 0.6 is 0 Å². The summed E-state index contributed by atoms with van der Waals surface area (Å²) in [5.74, 6) is -0.153. The van der Waals surface area contributed by atoms with Crippen LogP contribution in [0.2, 0.25) is 0 Å². The van der Waals surface area contributed by atoms with Gasteiger partial charge in [0.1, 0.15) is 0 Å². The number of aromatic nitrogens is 3. The molecule has 2 heterocycles. The van der Waals surface area contributed by atoms with Gasteiger partial charge in [-0.1, -0.05) is 12.1 Å². The number of hydrogen-bond acceptors (Lipinski definition) is 4. The molecule has 0 radical (unpaired) electrons. The Hall–Kier alpha value is -2.90. The number of hydrogen-bond donors (Lipinski definition) is 2. The van der Waals surface area contributed by atoms with Crippen molar-refractivity contribution < 1.29 is 14.7 Å². The summed E-state index contributed by atoms with van der Waals surface area (Å²) in [4.78, 5) is 26.8. The standard InChI is InChI=1S/C15H17N5O3/c1-10-8-11(18-15(22)23)9-19(10)14(21)12-4-2-3-5-13(12)20-16-6-7-17-20/h2-7,10-11,18H,8-9H2,1H3,(H,22,23)/t10-,11+/m0/s1. The van der Waals surface area contributed by atoms with Crippen molar-refractivity contribution in [2.24, 2.45) is 0 Å². The molecule has 0 bridgehead atoms. The third-order valence-electron chi connectivity index (χ3n) is 3.93. The normalized spacial score (nSPS) is 20.5. The van der Waals surface area contributed by atoms with Gasteiger partial charge in [-0.25, -0.2) is 4.79 Å². The van der Waals surface area contributed by atoms with E-state index in [2.05, 4.69) is 15.5 Å². The minimum atomic E-state index is -1.07. The van der Waals surface area contributed by atoms with Gasteiger partial charge in [0.25, 0.3) is 5.91 Å². The van der Waals surface area contributed by atoms with Crippen LogP contribution in [-0.4, -0.2) is 55.6 Å². The predicted octanol–water partition coefficient (Wildman–Crippen LogP) is 1.14. The molecule has 2 amide bonds. The Kier molecular flexibility index (Phi) is 3.96. The SMILES string of the molecule is C[C@H]1C[C@@H](NC(=O)O)CN1C(=O)c1ccccc1-n1nccn1. The molecule has 0 saturated carbocycles. The molecule has 1 fully saturated rings. The van der Waals surface area contributed by atoms with Crippen LogP contribution in [0.5, 0.6) is 0 Å². The Labute approximate surface area is 132 Å². The van der Waals surface area contributed by atoms with Crippen molar-refractivity contribution in [2.45, 2.75) is 25.4 Å². The van der Waals surface area contributed by atoms with E-state index in [0.717, 1.165) is 0 Å². The van der Waals surface area contributed by atoms with Crippen LogP contribution in [0.4, 0.5) is 4.79 Å². The highest BCUT2D eigenvalue weighted by molar-refractivity contribution is 5.98. The van der Waals surface area contributed by atoms with E-state index < -0.39 is 6.09 Å². The van der Waals surface area contributed by atoms with Crippen LogP contribution in [0, 0.1) is 0 Å². The van der Waals surface area contributed by atoms with Crippen molar-refractivity contribution in [1.82, 2.24) is 25.2 Å². The molecule has 8 heteroatoms. The fourth-order valence-corrected chi connectivity index (χ4v) is 2.92. The van der Waals surface area contributed by atoms with Crippen LogP contribution in [0.15, 0.2) is 36.7 Å². The van der Waals surface area contributed by atoms with Gasteiger partial charge in [-0.2, -0.15) is 15.0 Å². The molecule has 0 unspecified atom stereocenters. The van der Waals surface area contributed by atoms with Crippen molar-refractivity contribution in [3.05, 3.63) is 42.2 Å². The molecular formula is C15H17N5O3. The van der Waals surface area contributed by atoms with E-state index in [1.807, 2.05) is 13.0 Å². The monoisotopic (exact) mass is 315 g/mol. The second-order valence-electron chi connectivity index (χ2n) is 5.52. The first kappa shape index (κ1) is 15.0. The molecule has 2 atom stereocenters. The largest absolute Gasteiger partial charge is 0.465 e. The Morgan fingerprint density at radius 2 is 1.96 bits per heavy atom. The molecule has 1 aromatic heterocycles. The smallest absolute Gasteiger partial charge is 0.404 e. The molecular weight excluding hydrogens is 298 g/mol. The van der Waals surface area contributed by atoms with Gasteiger partial charge >= 0.3 is 6.09 Å². The highest BCUT2D eigenvalue weighted by atomic mass is 16.4. The van der Waals surface area contributed by atoms with Crippen LogP contribution < -0.4 is 5.32 Å². The van der Waals surface area contributed by atoms with Crippen LogP contribution in [0.25, 0.3) is 5.69 Å². The van der Waals surface area contributed by atoms with Crippen molar-refractivity contribution in [3.63, 3.8) is 0 Å². The number of carbonyl (C=O) groups excluding carboxylic acids is 1. The Morgan fingerprint density at radius 1 is 1.26 bits per heavy atom. The zero-order valence-electron chi connectivity index (χ0n) is 12.6. The Morgan fingerprint density at radius 3 is 2.65 bits per heavy atom. The molecule has 2 N–H and O–H groups in total.